The van der Waals surface area contributed by atoms with E-state index in [1.54, 1.807) is 0 Å². The van der Waals surface area contributed by atoms with Crippen LogP contribution >= 0.6 is 0 Å². The van der Waals surface area contributed by atoms with Gasteiger partial charge in [0, 0.05) is 13.2 Å². The molecule has 0 radical (unpaired) electrons. The van der Waals surface area contributed by atoms with Gasteiger partial charge in [0.25, 0.3) is 0 Å². The lowest BCUT2D eigenvalue weighted by Crippen LogP contribution is -2.55. The van der Waals surface area contributed by atoms with Gasteiger partial charge < -0.3 is 29.2 Å². The number of rotatable bonds is 6. The zero-order chi connectivity index (χ0) is 15.5. The molecule has 20 heavy (non-hydrogen) atoms. The molecule has 8 nitrogen and oxygen atoms in total. The number of allylic oxidation sites excluding steroid dienone is 1. The maximum absolute atomic E-state index is 11.6. The van der Waals surface area contributed by atoms with Crippen LogP contribution in [0.25, 0.3) is 0 Å². The average Bonchev–Trinajstić information content (AvgIpc) is 2.43. The van der Waals surface area contributed by atoms with Crippen molar-refractivity contribution in [2.75, 3.05) is 28.4 Å². The van der Waals surface area contributed by atoms with Crippen LogP contribution in [0.1, 0.15) is 0 Å². The van der Waals surface area contributed by atoms with E-state index in [9.17, 15) is 19.8 Å². The largest absolute Gasteiger partial charge is 0.497 e. The highest BCUT2D eigenvalue weighted by Crippen LogP contribution is 2.42. The van der Waals surface area contributed by atoms with Crippen molar-refractivity contribution < 1.29 is 38.7 Å². The van der Waals surface area contributed by atoms with Crippen LogP contribution in [0, 0.1) is 5.92 Å². The standard InChI is InChI=1S/C12H16O8/c1-17-6-5-7(18-2)12(20-4,11(15)16)8(10(13)14)9(6)19-3/h5,8H,1-4H3,(H,13,14)(H,15,16). The number of hydrogen-bond acceptors (Lipinski definition) is 6. The molecule has 0 amide bonds. The van der Waals surface area contributed by atoms with E-state index in [0.29, 0.717) is 0 Å². The predicted octanol–water partition coefficient (Wildman–Crippen LogP) is 0.205. The number of carboxylic acids is 2. The van der Waals surface area contributed by atoms with Crippen molar-refractivity contribution in [3.05, 3.63) is 23.4 Å². The molecule has 0 bridgehead atoms. The van der Waals surface area contributed by atoms with Crippen LogP contribution in [-0.2, 0) is 28.5 Å². The summed E-state index contributed by atoms with van der Waals surface area (Å²) in [7, 11) is 4.82. The number of carboxylic acid groups (broad SMARTS) is 2. The van der Waals surface area contributed by atoms with Crippen molar-refractivity contribution in [2.24, 2.45) is 5.92 Å². The van der Waals surface area contributed by atoms with E-state index in [1.165, 1.54) is 27.4 Å². The van der Waals surface area contributed by atoms with Gasteiger partial charge in [0.15, 0.2) is 17.4 Å². The third kappa shape index (κ3) is 2.07. The van der Waals surface area contributed by atoms with Gasteiger partial charge in [-0.25, -0.2) is 4.79 Å². The Balaban J connectivity index is 3.66. The Kier molecular flexibility index (Phi) is 4.61. The molecule has 0 aromatic heterocycles. The molecule has 0 saturated heterocycles. The second-order valence-corrected chi connectivity index (χ2v) is 3.87. The molecule has 0 heterocycles. The fraction of sp³-hybridized carbons (Fsp3) is 0.500. The number of ether oxygens (including phenoxy) is 4. The second-order valence-electron chi connectivity index (χ2n) is 3.87. The van der Waals surface area contributed by atoms with Crippen molar-refractivity contribution in [1.82, 2.24) is 0 Å². The fourth-order valence-electron chi connectivity index (χ4n) is 2.18. The quantitative estimate of drug-likeness (QED) is 0.713. The normalized spacial score (nSPS) is 25.8. The Bertz CT molecular complexity index is 478. The lowest BCUT2D eigenvalue weighted by Gasteiger charge is -2.37. The highest BCUT2D eigenvalue weighted by Gasteiger charge is 2.60. The summed E-state index contributed by atoms with van der Waals surface area (Å²) in [6, 6.07) is 0. The van der Waals surface area contributed by atoms with E-state index < -0.39 is 23.5 Å². The molecule has 112 valence electrons. The molecule has 0 aromatic rings. The van der Waals surface area contributed by atoms with Gasteiger partial charge in [0.1, 0.15) is 5.76 Å². The summed E-state index contributed by atoms with van der Waals surface area (Å²) in [6.07, 6.45) is 1.23. The lowest BCUT2D eigenvalue weighted by molar-refractivity contribution is -0.178. The molecule has 0 fully saturated rings. The molecule has 0 aliphatic heterocycles. The van der Waals surface area contributed by atoms with E-state index in [-0.39, 0.29) is 17.3 Å². The molecular formula is C12H16O8. The highest BCUT2D eigenvalue weighted by atomic mass is 16.6. The minimum atomic E-state index is -2.23. The number of hydrogen-bond donors (Lipinski definition) is 2. The smallest absolute Gasteiger partial charge is 0.345 e. The van der Waals surface area contributed by atoms with Gasteiger partial charge in [-0.3, -0.25) is 4.79 Å². The maximum atomic E-state index is 11.6. The van der Waals surface area contributed by atoms with E-state index in [1.807, 2.05) is 0 Å². The van der Waals surface area contributed by atoms with E-state index in [4.69, 9.17) is 18.9 Å². The first-order valence-corrected chi connectivity index (χ1v) is 5.50. The van der Waals surface area contributed by atoms with Crippen molar-refractivity contribution in [3.63, 3.8) is 0 Å². The molecule has 2 N–H and O–H groups in total. The summed E-state index contributed by atoms with van der Waals surface area (Å²) in [5.74, 6) is -4.90. The second kappa shape index (κ2) is 5.83. The van der Waals surface area contributed by atoms with Gasteiger partial charge in [-0.05, 0) is 0 Å². The minimum absolute atomic E-state index is 0.0608. The molecule has 1 rings (SSSR count). The average molecular weight is 288 g/mol. The molecule has 0 aromatic carbocycles. The third-order valence-electron chi connectivity index (χ3n) is 3.09. The SMILES string of the molecule is COC1=CC(OC)=C(OC)C(C(=O)O)C1(OC)C(=O)O. The minimum Gasteiger partial charge on any atom is -0.497 e. The van der Waals surface area contributed by atoms with Crippen molar-refractivity contribution in [2.45, 2.75) is 5.60 Å². The fourth-order valence-corrected chi connectivity index (χ4v) is 2.18. The van der Waals surface area contributed by atoms with Gasteiger partial charge in [-0.1, -0.05) is 0 Å². The molecular weight excluding hydrogens is 272 g/mol. The Labute approximate surface area is 115 Å². The Hall–Kier alpha value is -2.22. The van der Waals surface area contributed by atoms with Crippen LogP contribution in [0.3, 0.4) is 0 Å². The summed E-state index contributed by atoms with van der Waals surface area (Å²) in [5, 5.41) is 18.8. The van der Waals surface area contributed by atoms with Crippen LogP contribution < -0.4 is 0 Å². The first-order valence-electron chi connectivity index (χ1n) is 5.50. The first-order chi connectivity index (χ1) is 9.40. The summed E-state index contributed by atoms with van der Waals surface area (Å²) in [6.45, 7) is 0. The molecule has 2 atom stereocenters. The maximum Gasteiger partial charge on any atom is 0.345 e. The molecule has 2 unspecified atom stereocenters. The molecule has 1 aliphatic rings. The van der Waals surface area contributed by atoms with Crippen LogP contribution in [-0.4, -0.2) is 56.2 Å². The summed E-state index contributed by atoms with van der Waals surface area (Å²) < 4.78 is 20.0. The van der Waals surface area contributed by atoms with Gasteiger partial charge in [-0.15, -0.1) is 0 Å². The summed E-state index contributed by atoms with van der Waals surface area (Å²) in [4.78, 5) is 23.1. The number of aliphatic carboxylic acids is 2. The molecule has 0 saturated carbocycles. The van der Waals surface area contributed by atoms with Crippen molar-refractivity contribution in [3.8, 4) is 0 Å². The van der Waals surface area contributed by atoms with Gasteiger partial charge >= 0.3 is 11.9 Å². The van der Waals surface area contributed by atoms with Crippen LogP contribution in [0.15, 0.2) is 23.4 Å². The predicted molar refractivity (Wildman–Crippen MR) is 64.6 cm³/mol. The highest BCUT2D eigenvalue weighted by molar-refractivity contribution is 5.91. The van der Waals surface area contributed by atoms with Crippen LogP contribution in [0.4, 0.5) is 0 Å². The zero-order valence-corrected chi connectivity index (χ0v) is 11.5. The Morgan fingerprint density at radius 3 is 2.00 bits per heavy atom. The molecule has 1 aliphatic carbocycles. The molecule has 8 heteroatoms. The monoisotopic (exact) mass is 288 g/mol. The van der Waals surface area contributed by atoms with Crippen LogP contribution in [0.2, 0.25) is 0 Å². The van der Waals surface area contributed by atoms with Crippen molar-refractivity contribution >= 4 is 11.9 Å². The van der Waals surface area contributed by atoms with Gasteiger partial charge in [0.2, 0.25) is 5.60 Å². The summed E-state index contributed by atoms with van der Waals surface area (Å²) >= 11 is 0. The Morgan fingerprint density at radius 2 is 1.70 bits per heavy atom. The zero-order valence-electron chi connectivity index (χ0n) is 11.5. The third-order valence-corrected chi connectivity index (χ3v) is 3.09. The number of carbonyl (C=O) groups is 2. The first kappa shape index (κ1) is 15.8. The molecule has 0 spiro atoms. The number of methoxy groups -OCH3 is 4. The topological polar surface area (TPSA) is 112 Å². The van der Waals surface area contributed by atoms with E-state index >= 15 is 0 Å². The van der Waals surface area contributed by atoms with E-state index in [0.717, 1.165) is 7.11 Å². The summed E-state index contributed by atoms with van der Waals surface area (Å²) in [5.41, 5.74) is -2.23. The van der Waals surface area contributed by atoms with Crippen molar-refractivity contribution in [1.29, 1.82) is 0 Å². The van der Waals surface area contributed by atoms with E-state index in [2.05, 4.69) is 0 Å². The van der Waals surface area contributed by atoms with Crippen LogP contribution in [0.5, 0.6) is 0 Å². The van der Waals surface area contributed by atoms with Gasteiger partial charge in [-0.2, -0.15) is 0 Å². The van der Waals surface area contributed by atoms with Gasteiger partial charge in [0.05, 0.1) is 21.3 Å². The Morgan fingerprint density at radius 1 is 1.10 bits per heavy atom. The lowest BCUT2D eigenvalue weighted by atomic mass is 9.79.